The normalized spacial score (nSPS) is 18.9. The molecule has 0 radical (unpaired) electrons. The van der Waals surface area contributed by atoms with E-state index in [1.165, 1.54) is 18.4 Å². The fourth-order valence-electron chi connectivity index (χ4n) is 3.05. The molecule has 0 bridgehead atoms. The number of benzene rings is 1. The second-order valence-electron chi connectivity index (χ2n) is 6.35. The molecule has 140 valence electrons. The summed E-state index contributed by atoms with van der Waals surface area (Å²) in [5.41, 5.74) is 0.787. The quantitative estimate of drug-likeness (QED) is 0.861. The molecule has 0 fully saturated rings. The van der Waals surface area contributed by atoms with Crippen LogP contribution < -0.4 is 4.74 Å². The number of fused-ring (bicyclic) bond motifs is 1. The predicted molar refractivity (Wildman–Crippen MR) is 91.9 cm³/mol. The Kier molecular flexibility index (Phi) is 5.00. The van der Waals surface area contributed by atoms with Crippen LogP contribution in [0.3, 0.4) is 0 Å². The predicted octanol–water partition coefficient (Wildman–Crippen LogP) is 4.19. The van der Waals surface area contributed by atoms with Crippen LogP contribution in [0, 0.1) is 6.92 Å². The number of allylic oxidation sites excluding steroid dienone is 2. The number of rotatable bonds is 5. The molecule has 2 unspecified atom stereocenters. The van der Waals surface area contributed by atoms with E-state index in [1.807, 2.05) is 13.0 Å². The molecule has 2 atom stereocenters. The van der Waals surface area contributed by atoms with Crippen molar-refractivity contribution in [3.8, 4) is 5.75 Å². The Morgan fingerprint density at radius 1 is 1.31 bits per heavy atom. The van der Waals surface area contributed by atoms with E-state index in [-0.39, 0.29) is 18.8 Å². The molecule has 0 amide bonds. The summed E-state index contributed by atoms with van der Waals surface area (Å²) >= 11 is 0. The van der Waals surface area contributed by atoms with Crippen LogP contribution in [0.25, 0.3) is 11.0 Å². The molecule has 0 aliphatic carbocycles. The lowest BCUT2D eigenvalue weighted by atomic mass is 10.0. The summed E-state index contributed by atoms with van der Waals surface area (Å²) in [6.45, 7) is 2.79. The topological polar surface area (TPSA) is 45.8 Å². The summed E-state index contributed by atoms with van der Waals surface area (Å²) in [6.07, 6.45) is -0.174. The van der Waals surface area contributed by atoms with Crippen molar-refractivity contribution in [1.29, 1.82) is 0 Å². The number of alkyl halides is 3. The van der Waals surface area contributed by atoms with Gasteiger partial charge in [-0.15, -0.1) is 0 Å². The molecule has 2 aromatic rings. The summed E-state index contributed by atoms with van der Waals surface area (Å²) in [5.74, 6) is 1.22. The molecule has 26 heavy (non-hydrogen) atoms. The number of aliphatic hydroxyl groups excluding tert-OH is 1. The maximum Gasteiger partial charge on any atom is 0.412 e. The van der Waals surface area contributed by atoms with Crippen molar-refractivity contribution in [2.45, 2.75) is 32.1 Å². The molecule has 1 aromatic heterocycles. The number of hydrogen-bond acceptors (Lipinski definition) is 4. The Hall–Kier alpha value is -2.41. The highest BCUT2D eigenvalue weighted by atomic mass is 19.4. The van der Waals surface area contributed by atoms with Gasteiger partial charge in [-0.1, -0.05) is 6.08 Å². The number of nitrogens with zero attached hydrogens (tertiary/aromatic N) is 1. The fourth-order valence-corrected chi connectivity index (χ4v) is 3.05. The molecule has 3 rings (SSSR count). The van der Waals surface area contributed by atoms with Crippen molar-refractivity contribution in [3.63, 3.8) is 0 Å². The zero-order valence-electron chi connectivity index (χ0n) is 14.5. The third kappa shape index (κ3) is 3.72. The second kappa shape index (κ2) is 7.07. The van der Waals surface area contributed by atoms with Gasteiger partial charge in [0, 0.05) is 17.6 Å². The molecular formula is C19H20F3NO3. The first kappa shape index (κ1) is 18.4. The summed E-state index contributed by atoms with van der Waals surface area (Å²) in [6, 6.07) is 4.49. The summed E-state index contributed by atoms with van der Waals surface area (Å²) in [5, 5.41) is 10.1. The van der Waals surface area contributed by atoms with Crippen LogP contribution in [0.4, 0.5) is 13.2 Å². The molecule has 1 aliphatic heterocycles. The molecule has 4 nitrogen and oxygen atoms in total. The van der Waals surface area contributed by atoms with E-state index in [1.54, 1.807) is 25.1 Å². The fraction of sp³-hybridized carbons (Fsp3) is 0.368. The number of halogens is 3. The van der Waals surface area contributed by atoms with Gasteiger partial charge in [0.15, 0.2) is 6.04 Å². The van der Waals surface area contributed by atoms with Crippen LogP contribution in [0.5, 0.6) is 5.75 Å². The third-order valence-electron chi connectivity index (χ3n) is 4.32. The lowest BCUT2D eigenvalue weighted by Gasteiger charge is -2.39. The maximum absolute atomic E-state index is 13.6. The average Bonchev–Trinajstić information content (AvgIpc) is 2.97. The molecule has 0 saturated heterocycles. The Morgan fingerprint density at radius 3 is 2.77 bits per heavy atom. The first-order valence-corrected chi connectivity index (χ1v) is 8.25. The Labute approximate surface area is 149 Å². The number of ether oxygens (including phenoxy) is 1. The molecule has 1 N–H and O–H groups in total. The number of aliphatic hydroxyl groups is 1. The monoisotopic (exact) mass is 367 g/mol. The van der Waals surface area contributed by atoms with Gasteiger partial charge in [0.2, 0.25) is 0 Å². The minimum Gasteiger partial charge on any atom is -0.489 e. The van der Waals surface area contributed by atoms with Gasteiger partial charge >= 0.3 is 6.18 Å². The van der Waals surface area contributed by atoms with E-state index in [9.17, 15) is 18.3 Å². The van der Waals surface area contributed by atoms with Crippen molar-refractivity contribution < 1.29 is 27.4 Å². The first-order chi connectivity index (χ1) is 12.3. The Balaban J connectivity index is 1.79. The number of furan rings is 1. The van der Waals surface area contributed by atoms with Gasteiger partial charge in [0.1, 0.15) is 23.7 Å². The van der Waals surface area contributed by atoms with Gasteiger partial charge in [-0.3, -0.25) is 0 Å². The maximum atomic E-state index is 13.6. The SMILES string of the molecule is Cc1cc2cc(OCC3=CC=CN(C(C)CO)C3C(F)(F)F)ccc2o1. The van der Waals surface area contributed by atoms with Gasteiger partial charge in [0.05, 0.1) is 6.61 Å². The zero-order valence-corrected chi connectivity index (χ0v) is 14.5. The van der Waals surface area contributed by atoms with Crippen LogP contribution >= 0.6 is 0 Å². The average molecular weight is 367 g/mol. The molecule has 0 spiro atoms. The summed E-state index contributed by atoms with van der Waals surface area (Å²) in [4.78, 5) is 1.11. The van der Waals surface area contributed by atoms with E-state index < -0.39 is 18.3 Å². The Bertz CT molecular complexity index is 838. The highest BCUT2D eigenvalue weighted by molar-refractivity contribution is 5.79. The van der Waals surface area contributed by atoms with Crippen molar-refractivity contribution >= 4 is 11.0 Å². The number of aryl methyl sites for hydroxylation is 1. The summed E-state index contributed by atoms with van der Waals surface area (Å²) < 4.78 is 51.9. The van der Waals surface area contributed by atoms with E-state index in [0.717, 1.165) is 16.0 Å². The molecule has 7 heteroatoms. The summed E-state index contributed by atoms with van der Waals surface area (Å²) in [7, 11) is 0. The van der Waals surface area contributed by atoms with Gasteiger partial charge in [-0.2, -0.15) is 13.2 Å². The van der Waals surface area contributed by atoms with Gasteiger partial charge in [-0.25, -0.2) is 0 Å². The van der Waals surface area contributed by atoms with Crippen LogP contribution in [-0.4, -0.2) is 41.5 Å². The molecule has 1 aromatic carbocycles. The largest absolute Gasteiger partial charge is 0.489 e. The van der Waals surface area contributed by atoms with Crippen molar-refractivity contribution in [2.75, 3.05) is 13.2 Å². The smallest absolute Gasteiger partial charge is 0.412 e. The van der Waals surface area contributed by atoms with E-state index in [4.69, 9.17) is 9.15 Å². The van der Waals surface area contributed by atoms with Gasteiger partial charge in [-0.05, 0) is 49.8 Å². The molecule has 0 saturated carbocycles. The lowest BCUT2D eigenvalue weighted by molar-refractivity contribution is -0.173. The number of hydrogen-bond donors (Lipinski definition) is 1. The van der Waals surface area contributed by atoms with Crippen LogP contribution in [-0.2, 0) is 0 Å². The lowest BCUT2D eigenvalue weighted by Crippen LogP contribution is -2.51. The highest BCUT2D eigenvalue weighted by Crippen LogP contribution is 2.34. The standard InChI is InChI=1S/C19H20F3NO3/c1-12(10-24)23-7-3-4-14(18(23)19(20,21)22)11-25-16-5-6-17-15(9-16)8-13(2)26-17/h3-9,12,18,24H,10-11H2,1-2H3. The highest BCUT2D eigenvalue weighted by Gasteiger charge is 2.47. The first-order valence-electron chi connectivity index (χ1n) is 8.25. The van der Waals surface area contributed by atoms with Crippen LogP contribution in [0.2, 0.25) is 0 Å². The Morgan fingerprint density at radius 2 is 2.08 bits per heavy atom. The molecule has 1 aliphatic rings. The minimum absolute atomic E-state index is 0.0868. The van der Waals surface area contributed by atoms with Crippen molar-refractivity contribution in [3.05, 3.63) is 54.0 Å². The van der Waals surface area contributed by atoms with Gasteiger partial charge < -0.3 is 19.2 Å². The molecule has 2 heterocycles. The van der Waals surface area contributed by atoms with Crippen molar-refractivity contribution in [2.24, 2.45) is 0 Å². The molecular weight excluding hydrogens is 347 g/mol. The van der Waals surface area contributed by atoms with E-state index >= 15 is 0 Å². The second-order valence-corrected chi connectivity index (χ2v) is 6.35. The van der Waals surface area contributed by atoms with Crippen LogP contribution in [0.15, 0.2) is 52.6 Å². The van der Waals surface area contributed by atoms with E-state index in [0.29, 0.717) is 11.3 Å². The third-order valence-corrected chi connectivity index (χ3v) is 4.32. The zero-order chi connectivity index (χ0) is 18.9. The van der Waals surface area contributed by atoms with Crippen molar-refractivity contribution in [1.82, 2.24) is 4.90 Å². The minimum atomic E-state index is -4.48. The van der Waals surface area contributed by atoms with E-state index in [2.05, 4.69) is 0 Å². The van der Waals surface area contributed by atoms with Gasteiger partial charge in [0.25, 0.3) is 0 Å². The van der Waals surface area contributed by atoms with Crippen LogP contribution in [0.1, 0.15) is 12.7 Å².